The van der Waals surface area contributed by atoms with Gasteiger partial charge in [0.25, 0.3) is 0 Å². The highest BCUT2D eigenvalue weighted by molar-refractivity contribution is 5.64. The van der Waals surface area contributed by atoms with E-state index in [1.165, 1.54) is 5.56 Å². The first-order valence-electron chi connectivity index (χ1n) is 9.84. The molecular formula is C23H29N5O. The van der Waals surface area contributed by atoms with Crippen LogP contribution in [0.4, 0.5) is 11.8 Å². The van der Waals surface area contributed by atoms with E-state index < -0.39 is 0 Å². The molecule has 0 saturated heterocycles. The molecule has 0 aliphatic rings. The lowest BCUT2D eigenvalue weighted by molar-refractivity contribution is 0.414. The Morgan fingerprint density at radius 2 is 1.66 bits per heavy atom. The van der Waals surface area contributed by atoms with Crippen LogP contribution < -0.4 is 15.4 Å². The van der Waals surface area contributed by atoms with Crippen molar-refractivity contribution >= 4 is 11.8 Å². The maximum Gasteiger partial charge on any atom is 0.225 e. The van der Waals surface area contributed by atoms with Crippen LogP contribution in [0.5, 0.6) is 5.75 Å². The highest BCUT2D eigenvalue weighted by atomic mass is 16.5. The second kappa shape index (κ2) is 10.4. The molecule has 2 aromatic carbocycles. The zero-order valence-electron chi connectivity index (χ0n) is 17.4. The number of hydrogen-bond acceptors (Lipinski definition) is 6. The normalized spacial score (nSPS) is 10.8. The van der Waals surface area contributed by atoms with Crippen molar-refractivity contribution in [1.82, 2.24) is 14.9 Å². The summed E-state index contributed by atoms with van der Waals surface area (Å²) in [5.41, 5.74) is 3.21. The number of anilines is 2. The quantitative estimate of drug-likeness (QED) is 0.548. The molecule has 152 valence electrons. The fourth-order valence-corrected chi connectivity index (χ4v) is 2.89. The number of nitrogens with one attached hydrogen (secondary N) is 2. The number of aromatic nitrogens is 2. The Kier molecular flexibility index (Phi) is 7.41. The molecule has 3 rings (SSSR count). The molecule has 0 aliphatic heterocycles. The van der Waals surface area contributed by atoms with Crippen molar-refractivity contribution in [3.05, 3.63) is 66.2 Å². The highest BCUT2D eigenvalue weighted by Crippen LogP contribution is 2.21. The SMILES string of the molecule is COc1ccc(CCNc2nc(NCCN(C)C)cc(-c3ccccc3)n2)cc1. The molecule has 0 radical (unpaired) electrons. The van der Waals surface area contributed by atoms with Crippen molar-refractivity contribution < 1.29 is 4.74 Å². The maximum absolute atomic E-state index is 5.21. The lowest BCUT2D eigenvalue weighted by Crippen LogP contribution is -2.21. The van der Waals surface area contributed by atoms with Gasteiger partial charge in [0.2, 0.25) is 5.95 Å². The molecule has 0 amide bonds. The third-order valence-corrected chi connectivity index (χ3v) is 4.52. The van der Waals surface area contributed by atoms with Gasteiger partial charge in [0.05, 0.1) is 12.8 Å². The summed E-state index contributed by atoms with van der Waals surface area (Å²) in [6, 6.07) is 20.3. The maximum atomic E-state index is 5.21. The third kappa shape index (κ3) is 6.47. The second-order valence-corrected chi connectivity index (χ2v) is 7.08. The Balaban J connectivity index is 1.69. The van der Waals surface area contributed by atoms with Crippen LogP contribution in [0.15, 0.2) is 60.7 Å². The van der Waals surface area contributed by atoms with Gasteiger partial charge in [-0.25, -0.2) is 4.98 Å². The van der Waals surface area contributed by atoms with Gasteiger partial charge in [-0.2, -0.15) is 4.98 Å². The molecule has 0 unspecified atom stereocenters. The van der Waals surface area contributed by atoms with Gasteiger partial charge in [0, 0.05) is 31.3 Å². The number of rotatable bonds is 10. The molecule has 0 bridgehead atoms. The van der Waals surface area contributed by atoms with E-state index in [2.05, 4.69) is 58.9 Å². The van der Waals surface area contributed by atoms with E-state index in [0.29, 0.717) is 5.95 Å². The minimum Gasteiger partial charge on any atom is -0.497 e. The Bertz CT molecular complexity index is 882. The summed E-state index contributed by atoms with van der Waals surface area (Å²) in [5.74, 6) is 2.33. The van der Waals surface area contributed by atoms with E-state index in [1.807, 2.05) is 36.4 Å². The monoisotopic (exact) mass is 391 g/mol. The average Bonchev–Trinajstić information content (AvgIpc) is 2.74. The zero-order valence-corrected chi connectivity index (χ0v) is 17.4. The zero-order chi connectivity index (χ0) is 20.5. The lowest BCUT2D eigenvalue weighted by atomic mass is 10.1. The first-order chi connectivity index (χ1) is 14.1. The van der Waals surface area contributed by atoms with Gasteiger partial charge in [0.15, 0.2) is 0 Å². The van der Waals surface area contributed by atoms with Gasteiger partial charge in [-0.05, 0) is 38.2 Å². The van der Waals surface area contributed by atoms with Crippen molar-refractivity contribution in [1.29, 1.82) is 0 Å². The fourth-order valence-electron chi connectivity index (χ4n) is 2.89. The number of ether oxygens (including phenoxy) is 1. The van der Waals surface area contributed by atoms with E-state index in [4.69, 9.17) is 9.72 Å². The molecule has 29 heavy (non-hydrogen) atoms. The number of hydrogen-bond donors (Lipinski definition) is 2. The van der Waals surface area contributed by atoms with Crippen LogP contribution in [0.3, 0.4) is 0 Å². The summed E-state index contributed by atoms with van der Waals surface area (Å²) in [4.78, 5) is 11.5. The minimum absolute atomic E-state index is 0.632. The van der Waals surface area contributed by atoms with Gasteiger partial charge >= 0.3 is 0 Å². The average molecular weight is 392 g/mol. The first-order valence-corrected chi connectivity index (χ1v) is 9.84. The highest BCUT2D eigenvalue weighted by Gasteiger charge is 2.07. The van der Waals surface area contributed by atoms with Crippen LogP contribution in [-0.2, 0) is 6.42 Å². The first kappa shape index (κ1) is 20.6. The molecule has 3 aromatic rings. The molecule has 0 saturated carbocycles. The molecule has 6 nitrogen and oxygen atoms in total. The van der Waals surface area contributed by atoms with Crippen molar-refractivity contribution in [2.24, 2.45) is 0 Å². The summed E-state index contributed by atoms with van der Waals surface area (Å²) in [6.07, 6.45) is 0.881. The van der Waals surface area contributed by atoms with Crippen molar-refractivity contribution in [3.8, 4) is 17.0 Å². The Morgan fingerprint density at radius 3 is 2.34 bits per heavy atom. The van der Waals surface area contributed by atoms with Gasteiger partial charge in [0.1, 0.15) is 11.6 Å². The van der Waals surface area contributed by atoms with Gasteiger partial charge in [-0.3, -0.25) is 0 Å². The van der Waals surface area contributed by atoms with Crippen LogP contribution in [0.25, 0.3) is 11.3 Å². The van der Waals surface area contributed by atoms with E-state index in [1.54, 1.807) is 7.11 Å². The van der Waals surface area contributed by atoms with E-state index in [9.17, 15) is 0 Å². The Hall–Kier alpha value is -3.12. The summed E-state index contributed by atoms with van der Waals surface area (Å²) >= 11 is 0. The smallest absolute Gasteiger partial charge is 0.225 e. The van der Waals surface area contributed by atoms with E-state index in [0.717, 1.165) is 48.9 Å². The van der Waals surface area contributed by atoms with Gasteiger partial charge in [-0.15, -0.1) is 0 Å². The standard InChI is InChI=1S/C23H29N5O/c1-28(2)16-15-24-22-17-21(19-7-5-4-6-8-19)26-23(27-22)25-14-13-18-9-11-20(29-3)12-10-18/h4-12,17H,13-16H2,1-3H3,(H2,24,25,26,27). The number of benzene rings is 2. The summed E-state index contributed by atoms with van der Waals surface area (Å²) in [5, 5.41) is 6.77. The number of likely N-dealkylation sites (N-methyl/N-ethyl adjacent to an activating group) is 1. The molecule has 0 aliphatic carbocycles. The van der Waals surface area contributed by atoms with E-state index >= 15 is 0 Å². The van der Waals surface area contributed by atoms with Crippen molar-refractivity contribution in [3.63, 3.8) is 0 Å². The molecule has 2 N–H and O–H groups in total. The van der Waals surface area contributed by atoms with E-state index in [-0.39, 0.29) is 0 Å². The molecule has 0 spiro atoms. The van der Waals surface area contributed by atoms with Crippen LogP contribution in [0, 0.1) is 0 Å². The van der Waals surface area contributed by atoms with Crippen LogP contribution >= 0.6 is 0 Å². The van der Waals surface area contributed by atoms with Crippen molar-refractivity contribution in [2.45, 2.75) is 6.42 Å². The fraction of sp³-hybridized carbons (Fsp3) is 0.304. The summed E-state index contributed by atoms with van der Waals surface area (Å²) < 4.78 is 5.21. The van der Waals surface area contributed by atoms with Crippen LogP contribution in [0.1, 0.15) is 5.56 Å². The predicted molar refractivity (Wildman–Crippen MR) is 120 cm³/mol. The van der Waals surface area contributed by atoms with Crippen LogP contribution in [-0.4, -0.2) is 55.7 Å². The molecule has 1 aromatic heterocycles. The summed E-state index contributed by atoms with van der Waals surface area (Å²) in [7, 11) is 5.80. The van der Waals surface area contributed by atoms with Crippen molar-refractivity contribution in [2.75, 3.05) is 51.5 Å². The Labute approximate surface area is 173 Å². The topological polar surface area (TPSA) is 62.3 Å². The predicted octanol–water partition coefficient (Wildman–Crippen LogP) is 3.78. The number of methoxy groups -OCH3 is 1. The minimum atomic E-state index is 0.632. The van der Waals surface area contributed by atoms with Crippen LogP contribution in [0.2, 0.25) is 0 Å². The molecule has 6 heteroatoms. The number of nitrogens with zero attached hydrogens (tertiary/aromatic N) is 3. The largest absolute Gasteiger partial charge is 0.497 e. The van der Waals surface area contributed by atoms with Gasteiger partial charge < -0.3 is 20.3 Å². The molecular weight excluding hydrogens is 362 g/mol. The third-order valence-electron chi connectivity index (χ3n) is 4.52. The summed E-state index contributed by atoms with van der Waals surface area (Å²) in [6.45, 7) is 2.51. The lowest BCUT2D eigenvalue weighted by Gasteiger charge is -2.13. The molecule has 1 heterocycles. The Morgan fingerprint density at radius 1 is 0.897 bits per heavy atom. The second-order valence-electron chi connectivity index (χ2n) is 7.08. The van der Waals surface area contributed by atoms with Gasteiger partial charge in [-0.1, -0.05) is 42.5 Å². The molecule has 0 atom stereocenters. The molecule has 0 fully saturated rings.